The van der Waals surface area contributed by atoms with Crippen molar-refractivity contribution in [2.45, 2.75) is 6.92 Å². The molecule has 0 unspecified atom stereocenters. The summed E-state index contributed by atoms with van der Waals surface area (Å²) in [5.74, 6) is 0.214. The molecular weight excluding hydrogens is 394 g/mol. The van der Waals surface area contributed by atoms with Gasteiger partial charge in [-0.2, -0.15) is 5.26 Å². The van der Waals surface area contributed by atoms with E-state index in [2.05, 4.69) is 22.0 Å². The summed E-state index contributed by atoms with van der Waals surface area (Å²) in [4.78, 5) is 11.1. The number of aromatic carboxylic acids is 1. The lowest BCUT2D eigenvalue weighted by Gasteiger charge is -2.04. The second-order valence-corrected chi connectivity index (χ2v) is 6.63. The first-order valence-corrected chi connectivity index (χ1v) is 8.59. The van der Waals surface area contributed by atoms with Crippen LogP contribution in [-0.4, -0.2) is 11.1 Å². The maximum Gasteiger partial charge on any atom is 0.335 e. The molecule has 128 valence electrons. The largest absolute Gasteiger partial charge is 0.478 e. The van der Waals surface area contributed by atoms with Crippen LogP contribution in [0, 0.1) is 18.3 Å². The maximum absolute atomic E-state index is 11.1. The zero-order chi connectivity index (χ0) is 18.7. The number of nitrogens with zero attached hydrogens (tertiary/aromatic N) is 1. The minimum absolute atomic E-state index is 0.236. The Labute approximate surface area is 159 Å². The van der Waals surface area contributed by atoms with E-state index in [9.17, 15) is 10.1 Å². The van der Waals surface area contributed by atoms with Gasteiger partial charge in [0.25, 0.3) is 0 Å². The molecule has 0 saturated carbocycles. The normalized spacial score (nSPS) is 11.2. The number of nitriles is 1. The summed E-state index contributed by atoms with van der Waals surface area (Å²) in [5, 5.41) is 18.5. The van der Waals surface area contributed by atoms with Crippen LogP contribution in [0.15, 0.2) is 63.5 Å². The molecule has 1 N–H and O–H groups in total. The quantitative estimate of drug-likeness (QED) is 0.556. The molecule has 0 aliphatic carbocycles. The summed E-state index contributed by atoms with van der Waals surface area (Å²) in [5.41, 5.74) is 3.14. The molecule has 0 spiro atoms. The minimum atomic E-state index is -0.963. The number of benzene rings is 2. The molecule has 1 aromatic heterocycles. The van der Waals surface area contributed by atoms with Crippen LogP contribution in [0.25, 0.3) is 23.0 Å². The minimum Gasteiger partial charge on any atom is -0.478 e. The van der Waals surface area contributed by atoms with Gasteiger partial charge < -0.3 is 9.52 Å². The zero-order valence-corrected chi connectivity index (χ0v) is 15.4. The van der Waals surface area contributed by atoms with Crippen molar-refractivity contribution in [3.8, 4) is 17.4 Å². The lowest BCUT2D eigenvalue weighted by atomic mass is 10.0. The van der Waals surface area contributed by atoms with Crippen LogP contribution in [0.5, 0.6) is 0 Å². The number of hydrogen-bond donors (Lipinski definition) is 1. The van der Waals surface area contributed by atoms with Crippen molar-refractivity contribution in [3.63, 3.8) is 0 Å². The van der Waals surface area contributed by atoms with Crippen LogP contribution in [-0.2, 0) is 0 Å². The Balaban J connectivity index is 1.95. The van der Waals surface area contributed by atoms with E-state index in [0.29, 0.717) is 17.1 Å². The molecule has 0 aliphatic heterocycles. The van der Waals surface area contributed by atoms with Crippen molar-refractivity contribution in [2.24, 2.45) is 0 Å². The Hall–Kier alpha value is -3.10. The molecule has 2 aromatic carbocycles. The Kier molecular flexibility index (Phi) is 5.06. The topological polar surface area (TPSA) is 74.2 Å². The zero-order valence-electron chi connectivity index (χ0n) is 13.9. The summed E-state index contributed by atoms with van der Waals surface area (Å²) in [6, 6.07) is 18.2. The number of carbonyl (C=O) groups is 1. The van der Waals surface area contributed by atoms with Crippen molar-refractivity contribution in [1.29, 1.82) is 5.26 Å². The van der Waals surface area contributed by atoms with Crippen molar-refractivity contribution in [2.75, 3.05) is 0 Å². The molecule has 4 nitrogen and oxygen atoms in total. The second-order valence-electron chi connectivity index (χ2n) is 5.72. The van der Waals surface area contributed by atoms with Crippen LogP contribution in [0.1, 0.15) is 27.2 Å². The number of carboxylic acid groups (broad SMARTS) is 1. The highest BCUT2D eigenvalue weighted by Crippen LogP contribution is 2.28. The number of hydrogen-bond acceptors (Lipinski definition) is 3. The third-order valence-corrected chi connectivity index (χ3v) is 4.40. The van der Waals surface area contributed by atoms with Crippen molar-refractivity contribution in [3.05, 3.63) is 81.5 Å². The number of halogens is 1. The van der Waals surface area contributed by atoms with Crippen LogP contribution in [0.2, 0.25) is 0 Å². The number of furan rings is 1. The van der Waals surface area contributed by atoms with Crippen molar-refractivity contribution >= 4 is 33.5 Å². The highest BCUT2D eigenvalue weighted by Gasteiger charge is 2.11. The third-order valence-electron chi connectivity index (χ3n) is 3.91. The van der Waals surface area contributed by atoms with E-state index in [1.165, 1.54) is 0 Å². The van der Waals surface area contributed by atoms with Gasteiger partial charge in [-0.15, -0.1) is 0 Å². The lowest BCUT2D eigenvalue weighted by molar-refractivity contribution is 0.0697. The summed E-state index contributed by atoms with van der Waals surface area (Å²) in [6.45, 7) is 1.84. The van der Waals surface area contributed by atoms with Crippen molar-refractivity contribution in [1.82, 2.24) is 0 Å². The molecule has 26 heavy (non-hydrogen) atoms. The number of allylic oxidation sites excluding steroid dienone is 1. The Morgan fingerprint density at radius 2 is 1.96 bits per heavy atom. The van der Waals surface area contributed by atoms with E-state index in [-0.39, 0.29) is 5.56 Å². The van der Waals surface area contributed by atoms with Gasteiger partial charge in [-0.05, 0) is 60.5 Å². The molecule has 0 fully saturated rings. The Bertz CT molecular complexity index is 1060. The molecule has 3 rings (SSSR count). The van der Waals surface area contributed by atoms with E-state index in [1.54, 1.807) is 30.3 Å². The molecule has 1 heterocycles. The first kappa shape index (κ1) is 17.7. The lowest BCUT2D eigenvalue weighted by Crippen LogP contribution is -1.96. The SMILES string of the molecule is Cc1cc(C(=O)O)ccc1-c1ccc(/C=C(/C#N)c2cccc(Br)c2)o1. The van der Waals surface area contributed by atoms with Gasteiger partial charge in [0, 0.05) is 10.0 Å². The summed E-state index contributed by atoms with van der Waals surface area (Å²) >= 11 is 3.40. The summed E-state index contributed by atoms with van der Waals surface area (Å²) in [7, 11) is 0. The highest BCUT2D eigenvalue weighted by atomic mass is 79.9. The second kappa shape index (κ2) is 7.42. The fourth-order valence-electron chi connectivity index (χ4n) is 2.63. The summed E-state index contributed by atoms with van der Waals surface area (Å²) in [6.07, 6.45) is 1.69. The smallest absolute Gasteiger partial charge is 0.335 e. The number of aryl methyl sites for hydroxylation is 1. The van der Waals surface area contributed by atoms with Gasteiger partial charge in [0.2, 0.25) is 0 Å². The highest BCUT2D eigenvalue weighted by molar-refractivity contribution is 9.10. The van der Waals surface area contributed by atoms with Crippen molar-refractivity contribution < 1.29 is 14.3 Å². The van der Waals surface area contributed by atoms with Crippen LogP contribution < -0.4 is 0 Å². The molecule has 0 saturated heterocycles. The van der Waals surface area contributed by atoms with Gasteiger partial charge >= 0.3 is 5.97 Å². The van der Waals surface area contributed by atoms with Crippen LogP contribution in [0.4, 0.5) is 0 Å². The van der Waals surface area contributed by atoms with E-state index < -0.39 is 5.97 Å². The number of carboxylic acids is 1. The molecule has 0 radical (unpaired) electrons. The maximum atomic E-state index is 11.1. The fraction of sp³-hybridized carbons (Fsp3) is 0.0476. The standard InChI is InChI=1S/C21H14BrNO3/c1-13-9-15(21(24)25)5-7-19(13)20-8-6-18(26-20)11-16(12-23)14-3-2-4-17(22)10-14/h2-11H,1H3,(H,24,25)/b16-11-. The summed E-state index contributed by atoms with van der Waals surface area (Å²) < 4.78 is 6.74. The van der Waals surface area contributed by atoms with Gasteiger partial charge in [-0.1, -0.05) is 34.1 Å². The van der Waals surface area contributed by atoms with Crippen LogP contribution >= 0.6 is 15.9 Å². The molecule has 3 aromatic rings. The van der Waals surface area contributed by atoms with E-state index in [4.69, 9.17) is 9.52 Å². The fourth-order valence-corrected chi connectivity index (χ4v) is 3.03. The molecule has 0 aliphatic rings. The van der Waals surface area contributed by atoms with E-state index in [1.807, 2.05) is 37.3 Å². The predicted octanol–water partition coefficient (Wildman–Crippen LogP) is 5.78. The molecule has 0 bridgehead atoms. The van der Waals surface area contributed by atoms with Gasteiger partial charge in [0.15, 0.2) is 0 Å². The van der Waals surface area contributed by atoms with Gasteiger partial charge in [0.05, 0.1) is 17.2 Å². The van der Waals surface area contributed by atoms with Gasteiger partial charge in [-0.3, -0.25) is 0 Å². The molecule has 0 amide bonds. The molecule has 5 heteroatoms. The predicted molar refractivity (Wildman–Crippen MR) is 103 cm³/mol. The third kappa shape index (κ3) is 3.76. The van der Waals surface area contributed by atoms with Gasteiger partial charge in [0.1, 0.15) is 11.5 Å². The Morgan fingerprint density at radius 1 is 1.15 bits per heavy atom. The molecular formula is C21H14BrNO3. The average molecular weight is 408 g/mol. The molecule has 0 atom stereocenters. The monoisotopic (exact) mass is 407 g/mol. The number of rotatable bonds is 4. The van der Waals surface area contributed by atoms with E-state index in [0.717, 1.165) is 21.2 Å². The Morgan fingerprint density at radius 3 is 2.62 bits per heavy atom. The van der Waals surface area contributed by atoms with Gasteiger partial charge in [-0.25, -0.2) is 4.79 Å². The first-order valence-electron chi connectivity index (χ1n) is 7.80. The van der Waals surface area contributed by atoms with E-state index >= 15 is 0 Å². The van der Waals surface area contributed by atoms with Crippen LogP contribution in [0.3, 0.4) is 0 Å². The first-order chi connectivity index (χ1) is 12.5. The average Bonchev–Trinajstić information content (AvgIpc) is 3.07.